The van der Waals surface area contributed by atoms with Crippen LogP contribution in [0.1, 0.15) is 6.92 Å². The first kappa shape index (κ1) is 11.3. The zero-order valence-corrected chi connectivity index (χ0v) is 10.4. The third-order valence-electron chi connectivity index (χ3n) is 3.14. The smallest absolute Gasteiger partial charge is 0.127 e. The molecule has 18 heavy (non-hydrogen) atoms. The molecule has 3 rings (SSSR count). The summed E-state index contributed by atoms with van der Waals surface area (Å²) in [4.78, 5) is 0. The standard InChI is InChI=1S/C16H16O2/c1-16(12-18-16)11-17-15-10-6-5-9-14(15)13-7-3-2-4-8-13/h2-10H,11-12H2,1H3. The summed E-state index contributed by atoms with van der Waals surface area (Å²) in [5.41, 5.74) is 2.22. The van der Waals surface area contributed by atoms with Crippen molar-refractivity contribution in [2.24, 2.45) is 0 Å². The summed E-state index contributed by atoms with van der Waals surface area (Å²) in [7, 11) is 0. The molecule has 92 valence electrons. The van der Waals surface area contributed by atoms with Crippen molar-refractivity contribution in [3.63, 3.8) is 0 Å². The van der Waals surface area contributed by atoms with E-state index in [2.05, 4.69) is 25.1 Å². The fraction of sp³-hybridized carbons (Fsp3) is 0.250. The van der Waals surface area contributed by atoms with E-state index < -0.39 is 0 Å². The van der Waals surface area contributed by atoms with Crippen LogP contribution in [0.5, 0.6) is 5.75 Å². The lowest BCUT2D eigenvalue weighted by Crippen LogP contribution is -2.17. The van der Waals surface area contributed by atoms with Crippen molar-refractivity contribution in [1.29, 1.82) is 0 Å². The van der Waals surface area contributed by atoms with Gasteiger partial charge in [-0.25, -0.2) is 0 Å². The molecule has 0 aliphatic carbocycles. The summed E-state index contributed by atoms with van der Waals surface area (Å²) in [6, 6.07) is 18.4. The van der Waals surface area contributed by atoms with Gasteiger partial charge < -0.3 is 9.47 Å². The maximum Gasteiger partial charge on any atom is 0.127 e. The van der Waals surface area contributed by atoms with Crippen molar-refractivity contribution < 1.29 is 9.47 Å². The highest BCUT2D eigenvalue weighted by molar-refractivity contribution is 5.70. The van der Waals surface area contributed by atoms with E-state index in [0.717, 1.165) is 17.9 Å². The monoisotopic (exact) mass is 240 g/mol. The van der Waals surface area contributed by atoms with Crippen molar-refractivity contribution in [2.45, 2.75) is 12.5 Å². The van der Waals surface area contributed by atoms with Crippen LogP contribution in [-0.4, -0.2) is 18.8 Å². The minimum atomic E-state index is -0.0796. The van der Waals surface area contributed by atoms with Crippen LogP contribution in [-0.2, 0) is 4.74 Å². The van der Waals surface area contributed by atoms with Gasteiger partial charge in [-0.3, -0.25) is 0 Å². The van der Waals surface area contributed by atoms with Crippen LogP contribution in [0.2, 0.25) is 0 Å². The number of rotatable bonds is 4. The van der Waals surface area contributed by atoms with Crippen molar-refractivity contribution >= 4 is 0 Å². The molecule has 0 radical (unpaired) electrons. The van der Waals surface area contributed by atoms with E-state index in [9.17, 15) is 0 Å². The van der Waals surface area contributed by atoms with Crippen LogP contribution >= 0.6 is 0 Å². The van der Waals surface area contributed by atoms with E-state index in [1.54, 1.807) is 0 Å². The van der Waals surface area contributed by atoms with Crippen molar-refractivity contribution in [3.8, 4) is 16.9 Å². The average molecular weight is 240 g/mol. The average Bonchev–Trinajstić information content (AvgIpc) is 3.16. The number of para-hydroxylation sites is 1. The molecule has 1 aliphatic heterocycles. The Hall–Kier alpha value is -1.80. The Labute approximate surface area is 107 Å². The fourth-order valence-electron chi connectivity index (χ4n) is 1.89. The molecule has 1 saturated heterocycles. The number of ether oxygens (including phenoxy) is 2. The third-order valence-corrected chi connectivity index (χ3v) is 3.14. The van der Waals surface area contributed by atoms with Gasteiger partial charge in [-0.15, -0.1) is 0 Å². The Balaban J connectivity index is 1.85. The highest BCUT2D eigenvalue weighted by atomic mass is 16.6. The van der Waals surface area contributed by atoms with Gasteiger partial charge >= 0.3 is 0 Å². The van der Waals surface area contributed by atoms with Crippen molar-refractivity contribution in [3.05, 3.63) is 54.6 Å². The predicted octanol–water partition coefficient (Wildman–Crippen LogP) is 3.52. The first-order valence-corrected chi connectivity index (χ1v) is 6.18. The van der Waals surface area contributed by atoms with Crippen LogP contribution in [0.3, 0.4) is 0 Å². The molecule has 1 atom stereocenters. The van der Waals surface area contributed by atoms with E-state index in [0.29, 0.717) is 6.61 Å². The highest BCUT2D eigenvalue weighted by Gasteiger charge is 2.40. The minimum absolute atomic E-state index is 0.0796. The van der Waals surface area contributed by atoms with Gasteiger partial charge in [0.15, 0.2) is 0 Å². The number of benzene rings is 2. The van der Waals surface area contributed by atoms with Gasteiger partial charge in [0.1, 0.15) is 18.0 Å². The molecule has 2 heteroatoms. The Morgan fingerprint density at radius 2 is 1.72 bits per heavy atom. The summed E-state index contributed by atoms with van der Waals surface area (Å²) in [5, 5.41) is 0. The zero-order valence-electron chi connectivity index (χ0n) is 10.4. The molecule has 0 spiro atoms. The second kappa shape index (κ2) is 4.46. The van der Waals surface area contributed by atoms with E-state index in [4.69, 9.17) is 9.47 Å². The summed E-state index contributed by atoms with van der Waals surface area (Å²) < 4.78 is 11.2. The van der Waals surface area contributed by atoms with E-state index >= 15 is 0 Å². The molecule has 1 fully saturated rings. The molecule has 0 saturated carbocycles. The molecular weight excluding hydrogens is 224 g/mol. The van der Waals surface area contributed by atoms with Crippen LogP contribution in [0.15, 0.2) is 54.6 Å². The maximum atomic E-state index is 5.89. The fourth-order valence-corrected chi connectivity index (χ4v) is 1.89. The van der Waals surface area contributed by atoms with Crippen LogP contribution in [0, 0.1) is 0 Å². The summed E-state index contributed by atoms with van der Waals surface area (Å²) >= 11 is 0. The van der Waals surface area contributed by atoms with Gasteiger partial charge in [0.2, 0.25) is 0 Å². The largest absolute Gasteiger partial charge is 0.490 e. The molecule has 0 bridgehead atoms. The van der Waals surface area contributed by atoms with Crippen molar-refractivity contribution in [2.75, 3.05) is 13.2 Å². The lowest BCUT2D eigenvalue weighted by Gasteiger charge is -2.13. The summed E-state index contributed by atoms with van der Waals surface area (Å²) in [5.74, 6) is 0.917. The van der Waals surface area contributed by atoms with E-state index in [1.807, 2.05) is 36.4 Å². The molecule has 0 amide bonds. The van der Waals surface area contributed by atoms with Crippen molar-refractivity contribution in [1.82, 2.24) is 0 Å². The van der Waals surface area contributed by atoms with Gasteiger partial charge in [0.05, 0.1) is 6.61 Å². The van der Waals surface area contributed by atoms with Gasteiger partial charge in [0, 0.05) is 5.56 Å². The van der Waals surface area contributed by atoms with Gasteiger partial charge in [0.25, 0.3) is 0 Å². The summed E-state index contributed by atoms with van der Waals surface area (Å²) in [6.45, 7) is 3.47. The van der Waals surface area contributed by atoms with E-state index in [1.165, 1.54) is 5.56 Å². The third kappa shape index (κ3) is 2.39. The SMILES string of the molecule is CC1(COc2ccccc2-c2ccccc2)CO1. The number of epoxide rings is 1. The van der Waals surface area contributed by atoms with Gasteiger partial charge in [-0.2, -0.15) is 0 Å². The Morgan fingerprint density at radius 1 is 1.06 bits per heavy atom. The minimum Gasteiger partial charge on any atom is -0.490 e. The Kier molecular flexibility index (Phi) is 2.80. The molecule has 2 nitrogen and oxygen atoms in total. The lowest BCUT2D eigenvalue weighted by molar-refractivity contribution is 0.203. The highest BCUT2D eigenvalue weighted by Crippen LogP contribution is 2.32. The second-order valence-corrected chi connectivity index (χ2v) is 4.89. The normalized spacial score (nSPS) is 21.6. The van der Waals surface area contributed by atoms with E-state index in [-0.39, 0.29) is 5.60 Å². The maximum absolute atomic E-state index is 5.89. The van der Waals surface area contributed by atoms with Crippen LogP contribution in [0.4, 0.5) is 0 Å². The Bertz CT molecular complexity index is 530. The molecule has 2 aromatic carbocycles. The number of hydrogen-bond donors (Lipinski definition) is 0. The molecule has 1 unspecified atom stereocenters. The second-order valence-electron chi connectivity index (χ2n) is 4.89. The quantitative estimate of drug-likeness (QED) is 0.763. The number of hydrogen-bond acceptors (Lipinski definition) is 2. The molecule has 1 heterocycles. The molecule has 0 N–H and O–H groups in total. The molecule has 0 aromatic heterocycles. The molecule has 2 aromatic rings. The Morgan fingerprint density at radius 3 is 2.44 bits per heavy atom. The lowest BCUT2D eigenvalue weighted by atomic mass is 10.0. The predicted molar refractivity (Wildman–Crippen MR) is 71.7 cm³/mol. The molecule has 1 aliphatic rings. The van der Waals surface area contributed by atoms with Gasteiger partial charge in [-0.1, -0.05) is 48.5 Å². The van der Waals surface area contributed by atoms with Crippen LogP contribution < -0.4 is 4.74 Å². The van der Waals surface area contributed by atoms with Gasteiger partial charge in [-0.05, 0) is 18.6 Å². The zero-order chi connectivity index (χ0) is 12.4. The first-order valence-electron chi connectivity index (χ1n) is 6.18. The summed E-state index contributed by atoms with van der Waals surface area (Å²) in [6.07, 6.45) is 0. The molecular formula is C16H16O2. The first-order chi connectivity index (χ1) is 8.77. The van der Waals surface area contributed by atoms with Crippen LogP contribution in [0.25, 0.3) is 11.1 Å². The topological polar surface area (TPSA) is 21.8 Å².